The second kappa shape index (κ2) is 20.8. The van der Waals surface area contributed by atoms with E-state index in [0.29, 0.717) is 47.3 Å². The minimum absolute atomic E-state index is 0.427. The van der Waals surface area contributed by atoms with Crippen LogP contribution in [-0.4, -0.2) is 32.5 Å². The van der Waals surface area contributed by atoms with Crippen LogP contribution < -0.4 is 7.16 Å². The second-order valence-electron chi connectivity index (χ2n) is 20.2. The van der Waals surface area contributed by atoms with E-state index in [-0.39, 0.29) is 0 Å². The Morgan fingerprint density at radius 3 is 0.516 bits per heavy atom. The zero-order valence-corrected chi connectivity index (χ0v) is 46.7. The number of hydrogen-bond donors (Lipinski definition) is 0. The Balaban J connectivity index is 1.88. The van der Waals surface area contributed by atoms with Crippen molar-refractivity contribution >= 4 is 39.7 Å². The van der Waals surface area contributed by atoms with Gasteiger partial charge in [0.05, 0.1) is 0 Å². The first-order valence-corrected chi connectivity index (χ1v) is 37.6. The predicted molar refractivity (Wildman–Crippen MR) is 278 cm³/mol. The molecule has 0 atom stereocenters. The molecule has 2 heteroatoms. The van der Waals surface area contributed by atoms with Gasteiger partial charge in [-0.1, -0.05) is 0 Å². The Hall–Kier alpha value is -3.08. The van der Waals surface area contributed by atoms with Crippen LogP contribution in [0.5, 0.6) is 0 Å². The van der Waals surface area contributed by atoms with Crippen LogP contribution in [-0.2, 0) is 0 Å². The summed E-state index contributed by atoms with van der Waals surface area (Å²) < 4.78 is 3.44. The molecule has 0 bridgehead atoms. The third-order valence-electron chi connectivity index (χ3n) is 13.0. The molecule has 62 heavy (non-hydrogen) atoms. The van der Waals surface area contributed by atoms with Gasteiger partial charge in [-0.2, -0.15) is 0 Å². The summed E-state index contributed by atoms with van der Waals surface area (Å²) in [6, 6.07) is 43.6. The molecular weight excluding hydrogens is 958 g/mol. The van der Waals surface area contributed by atoms with E-state index in [9.17, 15) is 0 Å². The summed E-state index contributed by atoms with van der Waals surface area (Å²) in [6.45, 7) is 38.3. The molecule has 322 valence electrons. The monoisotopic (exact) mass is 1030 g/mol. The first-order chi connectivity index (χ1) is 29.5. The third-order valence-corrected chi connectivity index (χ3v) is 29.8. The van der Waals surface area contributed by atoms with Gasteiger partial charge in [0.15, 0.2) is 0 Å². The van der Waals surface area contributed by atoms with Gasteiger partial charge in [-0.15, -0.1) is 0 Å². The molecule has 6 rings (SSSR count). The molecule has 0 N–H and O–H groups in total. The van der Waals surface area contributed by atoms with Crippen molar-refractivity contribution in [2.45, 2.75) is 158 Å². The molecule has 6 aromatic rings. The van der Waals surface area contributed by atoms with Gasteiger partial charge >= 0.3 is 396 Å². The molecule has 0 spiro atoms. The van der Waals surface area contributed by atoms with Crippen molar-refractivity contribution in [2.75, 3.05) is 0 Å². The fourth-order valence-corrected chi connectivity index (χ4v) is 29.5. The van der Waals surface area contributed by atoms with Gasteiger partial charge in [0.2, 0.25) is 0 Å². The molecular formula is C60H74Sn2. The average molecular weight is 1030 g/mol. The Kier molecular flexibility index (Phi) is 16.2. The molecule has 0 fully saturated rings. The molecule has 0 unspecified atom stereocenters. The SMILES string of the molecule is CC(C)c1cccc(C(C)C)c1-c1cccc(-c2c(C(C)C)cccc2C(C)C)[c]1[Sn]#[Sn][c]1c(-c2c(C(C)C)cccc2C(C)C)cccc1-c1c(C(C)C)cccc1C(C)C. The van der Waals surface area contributed by atoms with E-state index in [1.807, 2.05) is 0 Å². The van der Waals surface area contributed by atoms with Crippen molar-refractivity contribution in [3.8, 4) is 44.5 Å². The quantitative estimate of drug-likeness (QED) is 0.107. The van der Waals surface area contributed by atoms with Crippen LogP contribution in [0.1, 0.15) is 203 Å². The molecule has 0 aliphatic carbocycles. The van der Waals surface area contributed by atoms with Crippen molar-refractivity contribution in [1.29, 1.82) is 0 Å². The van der Waals surface area contributed by atoms with Gasteiger partial charge in [0, 0.05) is 0 Å². The number of rotatable bonds is 12. The molecule has 0 aromatic heterocycles. The fourth-order valence-electron chi connectivity index (χ4n) is 9.78. The summed E-state index contributed by atoms with van der Waals surface area (Å²) in [5.41, 5.74) is 24.0. The summed E-state index contributed by atoms with van der Waals surface area (Å²) in [4.78, 5) is 0. The van der Waals surface area contributed by atoms with Crippen LogP contribution in [0.4, 0.5) is 0 Å². The van der Waals surface area contributed by atoms with E-state index in [0.717, 1.165) is 0 Å². The Morgan fingerprint density at radius 1 is 0.226 bits per heavy atom. The second-order valence-corrected chi connectivity index (χ2v) is 34.0. The van der Waals surface area contributed by atoms with Crippen molar-refractivity contribution in [3.63, 3.8) is 0 Å². The average Bonchev–Trinajstić information content (AvgIpc) is 3.23. The van der Waals surface area contributed by atoms with E-state index in [4.69, 9.17) is 0 Å². The Labute approximate surface area is 392 Å². The zero-order valence-electron chi connectivity index (χ0n) is 41.0. The maximum atomic E-state index is 2.53. The van der Waals surface area contributed by atoms with E-state index in [2.05, 4.69) is 220 Å². The van der Waals surface area contributed by atoms with Gasteiger partial charge in [0.1, 0.15) is 0 Å². The maximum absolute atomic E-state index is 2.53. The van der Waals surface area contributed by atoms with Crippen LogP contribution in [0.3, 0.4) is 0 Å². The van der Waals surface area contributed by atoms with Gasteiger partial charge < -0.3 is 0 Å². The topological polar surface area (TPSA) is 0 Å². The number of benzene rings is 6. The predicted octanol–water partition coefficient (Wildman–Crippen LogP) is 16.6. The molecule has 0 saturated heterocycles. The summed E-state index contributed by atoms with van der Waals surface area (Å²) in [5.74, 6) is 3.42. The van der Waals surface area contributed by atoms with Gasteiger partial charge in [-0.05, 0) is 0 Å². The van der Waals surface area contributed by atoms with Crippen molar-refractivity contribution < 1.29 is 0 Å². The standard InChI is InChI=1S/2C30H37.2Sn/c2*1-19(2)25-14-10-15-26(20(3)4)29(25)23-12-9-13-24(18-23)30-27(21(5)6)16-11-17-28(30)22(7)8;;/h2*9-17,19-22H,1-8H3;;. The fraction of sp³-hybridized carbons (Fsp3) is 0.400. The van der Waals surface area contributed by atoms with Gasteiger partial charge in [-0.3, -0.25) is 0 Å². The van der Waals surface area contributed by atoms with Crippen molar-refractivity contribution in [3.05, 3.63) is 154 Å². The van der Waals surface area contributed by atoms with Crippen LogP contribution in [0.15, 0.2) is 109 Å². The summed E-state index contributed by atoms with van der Waals surface area (Å²) in [5, 5.41) is 0. The molecule has 0 heterocycles. The van der Waals surface area contributed by atoms with Gasteiger partial charge in [-0.25, -0.2) is 0 Å². The molecule has 0 amide bonds. The molecule has 0 aliphatic rings. The Morgan fingerprint density at radius 2 is 0.371 bits per heavy atom. The molecule has 0 saturated carbocycles. The first kappa shape index (κ1) is 48.4. The normalized spacial score (nSPS) is 11.9. The summed E-state index contributed by atoms with van der Waals surface area (Å²) >= 11 is -2.51. The molecule has 0 radical (unpaired) electrons. The van der Waals surface area contributed by atoms with Gasteiger partial charge in [0.25, 0.3) is 0 Å². The van der Waals surface area contributed by atoms with E-state index in [1.165, 1.54) is 89.0 Å². The summed E-state index contributed by atoms with van der Waals surface area (Å²) in [6.07, 6.45) is 0. The van der Waals surface area contributed by atoms with E-state index in [1.54, 1.807) is 7.16 Å². The minimum atomic E-state index is -1.26. The Bertz CT molecular complexity index is 2150. The molecule has 0 nitrogen and oxygen atoms in total. The van der Waals surface area contributed by atoms with Crippen molar-refractivity contribution in [2.24, 2.45) is 0 Å². The van der Waals surface area contributed by atoms with Crippen LogP contribution in [0, 0.1) is 0 Å². The molecule has 6 aromatic carbocycles. The number of hydrogen-bond acceptors (Lipinski definition) is 0. The van der Waals surface area contributed by atoms with E-state index >= 15 is 0 Å². The van der Waals surface area contributed by atoms with E-state index < -0.39 is 32.5 Å². The molecule has 0 aliphatic heterocycles. The zero-order chi connectivity index (χ0) is 45.2. The summed E-state index contributed by atoms with van der Waals surface area (Å²) in [7, 11) is 0. The first-order valence-electron chi connectivity index (χ1n) is 23.8. The van der Waals surface area contributed by atoms with Crippen LogP contribution >= 0.6 is 0 Å². The third kappa shape index (κ3) is 9.92. The van der Waals surface area contributed by atoms with Crippen LogP contribution in [0.2, 0.25) is 0 Å². The van der Waals surface area contributed by atoms with Crippen LogP contribution in [0.25, 0.3) is 44.5 Å². The van der Waals surface area contributed by atoms with Crippen molar-refractivity contribution in [1.82, 2.24) is 0 Å².